The summed E-state index contributed by atoms with van der Waals surface area (Å²) in [6, 6.07) is 21.7. The first kappa shape index (κ1) is 19.8. The zero-order chi connectivity index (χ0) is 18.9. The van der Waals surface area contributed by atoms with Crippen LogP contribution in [-0.4, -0.2) is 62.7 Å². The summed E-state index contributed by atoms with van der Waals surface area (Å²) in [4.78, 5) is 4.91. The highest BCUT2D eigenvalue weighted by molar-refractivity contribution is 5.32. The minimum Gasteiger partial charge on any atom is -0.313 e. The van der Waals surface area contributed by atoms with Crippen LogP contribution in [0.2, 0.25) is 0 Å². The Bertz CT molecular complexity index is 636. The van der Waals surface area contributed by atoms with Crippen molar-refractivity contribution in [1.82, 2.24) is 15.1 Å². The number of hydrogen-bond acceptors (Lipinski definition) is 3. The van der Waals surface area contributed by atoms with E-state index in [1.807, 2.05) is 0 Å². The van der Waals surface area contributed by atoms with Crippen molar-refractivity contribution in [2.75, 3.05) is 52.9 Å². The number of likely N-dealkylation sites (N-methyl/N-ethyl adjacent to an activating group) is 1. The van der Waals surface area contributed by atoms with Gasteiger partial charge in [0.1, 0.15) is 0 Å². The SMILES string of the molecule is C=C(CNCCC(c1ccccc1)c1ccccc1)CN1CCN(C)CC1. The molecule has 1 aliphatic rings. The van der Waals surface area contributed by atoms with E-state index in [1.54, 1.807) is 0 Å². The summed E-state index contributed by atoms with van der Waals surface area (Å²) in [5, 5.41) is 3.62. The molecule has 1 heterocycles. The Labute approximate surface area is 164 Å². The van der Waals surface area contributed by atoms with E-state index in [-0.39, 0.29) is 0 Å². The van der Waals surface area contributed by atoms with Crippen molar-refractivity contribution in [3.8, 4) is 0 Å². The van der Waals surface area contributed by atoms with E-state index in [4.69, 9.17) is 0 Å². The first-order chi connectivity index (χ1) is 13.2. The molecule has 2 aromatic rings. The summed E-state index contributed by atoms with van der Waals surface area (Å²) < 4.78 is 0. The van der Waals surface area contributed by atoms with Crippen LogP contribution in [0, 0.1) is 0 Å². The monoisotopic (exact) mass is 363 g/mol. The van der Waals surface area contributed by atoms with Crippen molar-refractivity contribution in [2.24, 2.45) is 0 Å². The van der Waals surface area contributed by atoms with Gasteiger partial charge in [-0.1, -0.05) is 67.2 Å². The Kier molecular flexibility index (Phi) is 7.64. The molecule has 0 spiro atoms. The minimum absolute atomic E-state index is 0.436. The molecule has 0 aliphatic carbocycles. The lowest BCUT2D eigenvalue weighted by molar-refractivity contribution is 0.163. The molecule has 0 aromatic heterocycles. The van der Waals surface area contributed by atoms with Crippen LogP contribution in [0.5, 0.6) is 0 Å². The van der Waals surface area contributed by atoms with Crippen molar-refractivity contribution in [3.05, 3.63) is 83.9 Å². The lowest BCUT2D eigenvalue weighted by Crippen LogP contribution is -2.45. The van der Waals surface area contributed by atoms with Gasteiger partial charge in [-0.05, 0) is 36.7 Å². The summed E-state index contributed by atoms with van der Waals surface area (Å²) >= 11 is 0. The average Bonchev–Trinajstić information content (AvgIpc) is 2.71. The molecule has 2 aromatic carbocycles. The predicted octanol–water partition coefficient (Wildman–Crippen LogP) is 3.60. The highest BCUT2D eigenvalue weighted by atomic mass is 15.2. The second kappa shape index (κ2) is 10.4. The number of nitrogens with one attached hydrogen (secondary N) is 1. The highest BCUT2D eigenvalue weighted by Crippen LogP contribution is 2.27. The van der Waals surface area contributed by atoms with Crippen LogP contribution in [0.25, 0.3) is 0 Å². The molecular weight excluding hydrogens is 330 g/mol. The molecule has 1 aliphatic heterocycles. The van der Waals surface area contributed by atoms with E-state index >= 15 is 0 Å². The van der Waals surface area contributed by atoms with Gasteiger partial charge < -0.3 is 10.2 Å². The summed E-state index contributed by atoms with van der Waals surface area (Å²) in [5.41, 5.74) is 4.07. The zero-order valence-corrected chi connectivity index (χ0v) is 16.6. The quantitative estimate of drug-likeness (QED) is 0.542. The van der Waals surface area contributed by atoms with Crippen LogP contribution in [0.4, 0.5) is 0 Å². The van der Waals surface area contributed by atoms with Gasteiger partial charge in [-0.15, -0.1) is 0 Å². The fourth-order valence-corrected chi connectivity index (χ4v) is 3.79. The maximum atomic E-state index is 4.28. The standard InChI is InChI=1S/C24H33N3/c1-21(20-27-17-15-26(2)16-18-27)19-25-14-13-24(22-9-5-3-6-10-22)23-11-7-4-8-12-23/h3-12,24-25H,1,13-20H2,2H3. The third-order valence-corrected chi connectivity index (χ3v) is 5.43. The van der Waals surface area contributed by atoms with Crippen LogP contribution >= 0.6 is 0 Å². The molecule has 1 N–H and O–H groups in total. The molecule has 0 atom stereocenters. The summed E-state index contributed by atoms with van der Waals surface area (Å²) in [6.45, 7) is 11.8. The molecule has 1 saturated heterocycles. The molecule has 1 fully saturated rings. The number of hydrogen-bond donors (Lipinski definition) is 1. The van der Waals surface area contributed by atoms with E-state index < -0.39 is 0 Å². The minimum atomic E-state index is 0.436. The molecule has 3 heteroatoms. The van der Waals surface area contributed by atoms with Gasteiger partial charge in [-0.2, -0.15) is 0 Å². The molecule has 0 radical (unpaired) electrons. The molecule has 0 saturated carbocycles. The fraction of sp³-hybridized carbons (Fsp3) is 0.417. The average molecular weight is 364 g/mol. The van der Waals surface area contributed by atoms with Gasteiger partial charge >= 0.3 is 0 Å². The number of nitrogens with zero attached hydrogens (tertiary/aromatic N) is 2. The molecule has 3 nitrogen and oxygen atoms in total. The summed E-state index contributed by atoms with van der Waals surface area (Å²) in [7, 11) is 2.20. The predicted molar refractivity (Wildman–Crippen MR) is 115 cm³/mol. The van der Waals surface area contributed by atoms with E-state index in [0.29, 0.717) is 5.92 Å². The Morgan fingerprint density at radius 3 is 2.04 bits per heavy atom. The van der Waals surface area contributed by atoms with E-state index in [9.17, 15) is 0 Å². The molecule has 0 bridgehead atoms. The number of piperazine rings is 1. The van der Waals surface area contributed by atoms with Crippen LogP contribution < -0.4 is 5.32 Å². The third-order valence-electron chi connectivity index (χ3n) is 5.43. The highest BCUT2D eigenvalue weighted by Gasteiger charge is 2.15. The van der Waals surface area contributed by atoms with Gasteiger partial charge in [0.05, 0.1) is 0 Å². The smallest absolute Gasteiger partial charge is 0.0203 e. The topological polar surface area (TPSA) is 18.5 Å². The molecule has 144 valence electrons. The lowest BCUT2D eigenvalue weighted by Gasteiger charge is -2.32. The van der Waals surface area contributed by atoms with E-state index in [1.165, 1.54) is 16.7 Å². The first-order valence-corrected chi connectivity index (χ1v) is 10.1. The number of benzene rings is 2. The van der Waals surface area contributed by atoms with Crippen LogP contribution in [-0.2, 0) is 0 Å². The second-order valence-corrected chi connectivity index (χ2v) is 7.67. The normalized spacial score (nSPS) is 15.9. The largest absolute Gasteiger partial charge is 0.313 e. The fourth-order valence-electron chi connectivity index (χ4n) is 3.79. The van der Waals surface area contributed by atoms with Crippen molar-refractivity contribution < 1.29 is 0 Å². The van der Waals surface area contributed by atoms with Gasteiger partial charge in [0.15, 0.2) is 0 Å². The first-order valence-electron chi connectivity index (χ1n) is 10.1. The third kappa shape index (κ3) is 6.31. The molecule has 0 unspecified atom stereocenters. The van der Waals surface area contributed by atoms with E-state index in [2.05, 4.69) is 89.4 Å². The van der Waals surface area contributed by atoms with Crippen molar-refractivity contribution in [1.29, 1.82) is 0 Å². The Morgan fingerprint density at radius 2 is 1.48 bits per heavy atom. The maximum Gasteiger partial charge on any atom is 0.0203 e. The van der Waals surface area contributed by atoms with Crippen molar-refractivity contribution in [2.45, 2.75) is 12.3 Å². The Hall–Kier alpha value is -1.94. The Balaban J connectivity index is 1.46. The van der Waals surface area contributed by atoms with E-state index in [0.717, 1.165) is 52.2 Å². The van der Waals surface area contributed by atoms with Gasteiger partial charge in [-0.25, -0.2) is 0 Å². The lowest BCUT2D eigenvalue weighted by atomic mass is 9.88. The molecule has 27 heavy (non-hydrogen) atoms. The summed E-state index contributed by atoms with van der Waals surface area (Å²) in [6.07, 6.45) is 1.09. The molecular formula is C24H33N3. The van der Waals surface area contributed by atoms with Crippen LogP contribution in [0.15, 0.2) is 72.8 Å². The van der Waals surface area contributed by atoms with Crippen molar-refractivity contribution in [3.63, 3.8) is 0 Å². The van der Waals surface area contributed by atoms with Gasteiger partial charge in [-0.3, -0.25) is 4.90 Å². The Morgan fingerprint density at radius 1 is 0.926 bits per heavy atom. The van der Waals surface area contributed by atoms with Gasteiger partial charge in [0.2, 0.25) is 0 Å². The van der Waals surface area contributed by atoms with Crippen LogP contribution in [0.3, 0.4) is 0 Å². The maximum absolute atomic E-state index is 4.28. The van der Waals surface area contributed by atoms with Gasteiger partial charge in [0.25, 0.3) is 0 Å². The van der Waals surface area contributed by atoms with Crippen LogP contribution in [0.1, 0.15) is 23.5 Å². The van der Waals surface area contributed by atoms with Crippen molar-refractivity contribution >= 4 is 0 Å². The molecule has 3 rings (SSSR count). The summed E-state index contributed by atoms with van der Waals surface area (Å²) in [5.74, 6) is 0.436. The zero-order valence-electron chi connectivity index (χ0n) is 16.6. The molecule has 0 amide bonds. The second-order valence-electron chi connectivity index (χ2n) is 7.67. The van der Waals surface area contributed by atoms with Gasteiger partial charge in [0, 0.05) is 45.2 Å². The number of rotatable bonds is 9.